The van der Waals surface area contributed by atoms with Crippen LogP contribution in [-0.4, -0.2) is 45.5 Å². The van der Waals surface area contributed by atoms with E-state index in [2.05, 4.69) is 15.6 Å². The average molecular weight is 520 g/mol. The molecule has 3 unspecified atom stereocenters. The van der Waals surface area contributed by atoms with Crippen LogP contribution in [0.2, 0.25) is 0 Å². The van der Waals surface area contributed by atoms with Crippen LogP contribution in [0.3, 0.4) is 0 Å². The number of carbonyl (C=O) groups excluding carboxylic acids is 1. The van der Waals surface area contributed by atoms with Gasteiger partial charge in [0, 0.05) is 43.8 Å². The normalized spacial score (nSPS) is 19.2. The van der Waals surface area contributed by atoms with Crippen LogP contribution in [0.1, 0.15) is 54.1 Å². The summed E-state index contributed by atoms with van der Waals surface area (Å²) in [5.41, 5.74) is -1.62. The van der Waals surface area contributed by atoms with E-state index in [-0.39, 0.29) is 51.5 Å². The van der Waals surface area contributed by atoms with Gasteiger partial charge in [-0.3, -0.25) is 14.2 Å². The standard InChI is InChI=1S/C26H29F4N5O2/c1-13-11-35(12-14(2)31-13)24(36)17-6-7-22(21(27)8-17)32-15(3)18-9-19-23(10-20(18)26(28,29)30)33-16(4)34(5)25(19)37/h6-10,13-15,31-32H,11-12H2,1-5H3. The molecular formula is C26H29F4N5O2. The number of alkyl halides is 3. The predicted octanol–water partition coefficient (Wildman–Crippen LogP) is 4.40. The molecule has 1 aliphatic rings. The van der Waals surface area contributed by atoms with Crippen molar-refractivity contribution in [2.45, 2.75) is 52.0 Å². The molecule has 1 aromatic heterocycles. The lowest BCUT2D eigenvalue weighted by molar-refractivity contribution is -0.138. The molecule has 0 radical (unpaired) electrons. The summed E-state index contributed by atoms with van der Waals surface area (Å²) in [6, 6.07) is 5.07. The number of piperazine rings is 1. The lowest BCUT2D eigenvalue weighted by Crippen LogP contribution is -2.55. The lowest BCUT2D eigenvalue weighted by atomic mass is 9.98. The zero-order chi connectivity index (χ0) is 27.2. The molecule has 2 heterocycles. The highest BCUT2D eigenvalue weighted by Gasteiger charge is 2.36. The highest BCUT2D eigenvalue weighted by molar-refractivity contribution is 5.94. The second-order valence-corrected chi connectivity index (χ2v) is 9.72. The van der Waals surface area contributed by atoms with E-state index in [1.165, 1.54) is 37.6 Å². The molecule has 3 atom stereocenters. The summed E-state index contributed by atoms with van der Waals surface area (Å²) < 4.78 is 58.1. The zero-order valence-electron chi connectivity index (χ0n) is 21.2. The van der Waals surface area contributed by atoms with Crippen molar-refractivity contribution >= 4 is 22.5 Å². The van der Waals surface area contributed by atoms with Crippen LogP contribution in [-0.2, 0) is 13.2 Å². The van der Waals surface area contributed by atoms with Crippen molar-refractivity contribution in [3.63, 3.8) is 0 Å². The van der Waals surface area contributed by atoms with Crippen LogP contribution in [0.5, 0.6) is 0 Å². The molecule has 3 aromatic rings. The maximum Gasteiger partial charge on any atom is 0.416 e. The molecule has 2 N–H and O–H groups in total. The van der Waals surface area contributed by atoms with Crippen molar-refractivity contribution < 1.29 is 22.4 Å². The number of anilines is 1. The quantitative estimate of drug-likeness (QED) is 0.500. The van der Waals surface area contributed by atoms with E-state index in [4.69, 9.17) is 0 Å². The van der Waals surface area contributed by atoms with Gasteiger partial charge in [-0.25, -0.2) is 9.37 Å². The number of amides is 1. The van der Waals surface area contributed by atoms with Crippen LogP contribution < -0.4 is 16.2 Å². The Bertz CT molecular complexity index is 1410. The number of nitrogens with zero attached hydrogens (tertiary/aromatic N) is 3. The number of aryl methyl sites for hydroxylation is 1. The Morgan fingerprint density at radius 1 is 1.16 bits per heavy atom. The zero-order valence-corrected chi connectivity index (χ0v) is 21.2. The number of hydrogen-bond donors (Lipinski definition) is 2. The van der Waals surface area contributed by atoms with Crippen LogP contribution in [0, 0.1) is 12.7 Å². The first-order valence-electron chi connectivity index (χ1n) is 12.0. The molecule has 198 valence electrons. The van der Waals surface area contributed by atoms with Gasteiger partial charge in [-0.1, -0.05) is 0 Å². The van der Waals surface area contributed by atoms with E-state index < -0.39 is 29.2 Å². The number of carbonyl (C=O) groups is 1. The number of nitrogens with one attached hydrogen (secondary N) is 2. The Hall–Kier alpha value is -3.47. The van der Waals surface area contributed by atoms with E-state index in [9.17, 15) is 22.8 Å². The molecule has 4 rings (SSSR count). The summed E-state index contributed by atoms with van der Waals surface area (Å²) in [5, 5.41) is 6.13. The minimum absolute atomic E-state index is 0.0330. The van der Waals surface area contributed by atoms with Crippen molar-refractivity contribution in [3.05, 3.63) is 69.0 Å². The molecule has 0 spiro atoms. The Labute approximate surface area is 211 Å². The van der Waals surface area contributed by atoms with Gasteiger partial charge in [0.2, 0.25) is 0 Å². The molecule has 1 amide bonds. The Kier molecular flexibility index (Phi) is 7.02. The van der Waals surface area contributed by atoms with Crippen LogP contribution >= 0.6 is 0 Å². The molecule has 11 heteroatoms. The first kappa shape index (κ1) is 26.6. The third-order valence-electron chi connectivity index (χ3n) is 6.68. The van der Waals surface area contributed by atoms with E-state index in [1.54, 1.807) is 4.90 Å². The van der Waals surface area contributed by atoms with Gasteiger partial charge in [0.05, 0.1) is 22.2 Å². The van der Waals surface area contributed by atoms with Gasteiger partial charge >= 0.3 is 6.18 Å². The van der Waals surface area contributed by atoms with E-state index >= 15 is 4.39 Å². The molecule has 37 heavy (non-hydrogen) atoms. The maximum absolute atomic E-state index is 15.0. The molecule has 1 aliphatic heterocycles. The van der Waals surface area contributed by atoms with Crippen molar-refractivity contribution in [3.8, 4) is 0 Å². The fraction of sp³-hybridized carbons (Fsp3) is 0.423. The van der Waals surface area contributed by atoms with Crippen molar-refractivity contribution in [2.75, 3.05) is 18.4 Å². The molecule has 7 nitrogen and oxygen atoms in total. The summed E-state index contributed by atoms with van der Waals surface area (Å²) in [6.07, 6.45) is -4.72. The topological polar surface area (TPSA) is 79.3 Å². The number of fused-ring (bicyclic) bond motifs is 1. The molecule has 0 bridgehead atoms. The molecule has 0 saturated carbocycles. The smallest absolute Gasteiger partial charge is 0.376 e. The van der Waals surface area contributed by atoms with Gasteiger partial charge in [0.1, 0.15) is 11.6 Å². The summed E-state index contributed by atoms with van der Waals surface area (Å²) in [6.45, 7) is 7.87. The SMILES string of the molecule is Cc1nc2cc(C(F)(F)F)c(C(C)Nc3ccc(C(=O)N4CC(C)NC(C)C4)cc3F)cc2c(=O)n1C. The van der Waals surface area contributed by atoms with Gasteiger partial charge < -0.3 is 15.5 Å². The summed E-state index contributed by atoms with van der Waals surface area (Å²) in [4.78, 5) is 31.4. The van der Waals surface area contributed by atoms with Crippen LogP contribution in [0.15, 0.2) is 35.1 Å². The van der Waals surface area contributed by atoms with Crippen molar-refractivity contribution in [1.29, 1.82) is 0 Å². The average Bonchev–Trinajstić information content (AvgIpc) is 2.81. The largest absolute Gasteiger partial charge is 0.416 e. The minimum Gasteiger partial charge on any atom is -0.376 e. The summed E-state index contributed by atoms with van der Waals surface area (Å²) in [5.74, 6) is -0.798. The third kappa shape index (κ3) is 5.31. The van der Waals surface area contributed by atoms with Crippen molar-refractivity contribution in [2.24, 2.45) is 7.05 Å². The monoisotopic (exact) mass is 519 g/mol. The van der Waals surface area contributed by atoms with Gasteiger partial charge in [-0.15, -0.1) is 0 Å². The fourth-order valence-corrected chi connectivity index (χ4v) is 4.80. The van der Waals surface area contributed by atoms with Gasteiger partial charge in [-0.2, -0.15) is 13.2 Å². The molecule has 1 fully saturated rings. The highest BCUT2D eigenvalue weighted by atomic mass is 19.4. The number of benzene rings is 2. The number of rotatable bonds is 4. The lowest BCUT2D eigenvalue weighted by Gasteiger charge is -2.36. The summed E-state index contributed by atoms with van der Waals surface area (Å²) >= 11 is 0. The predicted molar refractivity (Wildman–Crippen MR) is 133 cm³/mol. The van der Waals surface area contributed by atoms with E-state index in [1.807, 2.05) is 13.8 Å². The maximum atomic E-state index is 15.0. The minimum atomic E-state index is -4.72. The number of halogens is 4. The van der Waals surface area contributed by atoms with Crippen LogP contribution in [0.25, 0.3) is 10.9 Å². The fourth-order valence-electron chi connectivity index (χ4n) is 4.80. The second-order valence-electron chi connectivity index (χ2n) is 9.72. The highest BCUT2D eigenvalue weighted by Crippen LogP contribution is 2.37. The van der Waals surface area contributed by atoms with Gasteiger partial charge in [0.15, 0.2) is 0 Å². The van der Waals surface area contributed by atoms with Crippen molar-refractivity contribution in [1.82, 2.24) is 19.8 Å². The van der Waals surface area contributed by atoms with E-state index in [0.29, 0.717) is 13.1 Å². The number of hydrogen-bond acceptors (Lipinski definition) is 5. The Balaban J connectivity index is 1.65. The molecular weight excluding hydrogens is 490 g/mol. The Morgan fingerprint density at radius 3 is 2.41 bits per heavy atom. The summed E-state index contributed by atoms with van der Waals surface area (Å²) in [7, 11) is 1.49. The number of aromatic nitrogens is 2. The van der Waals surface area contributed by atoms with Gasteiger partial charge in [0.25, 0.3) is 11.5 Å². The molecule has 1 saturated heterocycles. The first-order chi connectivity index (χ1) is 17.3. The second kappa shape index (κ2) is 9.77. The first-order valence-corrected chi connectivity index (χ1v) is 12.0. The molecule has 2 aromatic carbocycles. The van der Waals surface area contributed by atoms with Crippen LogP contribution in [0.4, 0.5) is 23.2 Å². The molecule has 0 aliphatic carbocycles. The van der Waals surface area contributed by atoms with Gasteiger partial charge in [-0.05, 0) is 63.6 Å². The third-order valence-corrected chi connectivity index (χ3v) is 6.68. The van der Waals surface area contributed by atoms with E-state index in [0.717, 1.165) is 18.2 Å². The Morgan fingerprint density at radius 2 is 1.81 bits per heavy atom.